The molecule has 92 valence electrons. The van der Waals surface area contributed by atoms with Gasteiger partial charge in [-0.15, -0.1) is 0 Å². The summed E-state index contributed by atoms with van der Waals surface area (Å²) < 4.78 is 5.77. The zero-order valence-electron chi connectivity index (χ0n) is 10.3. The molecule has 0 radical (unpaired) electrons. The minimum Gasteiger partial charge on any atom is -0.474 e. The van der Waals surface area contributed by atoms with Crippen molar-refractivity contribution in [2.24, 2.45) is 0 Å². The molecule has 0 fully saturated rings. The van der Waals surface area contributed by atoms with Crippen molar-refractivity contribution in [1.29, 1.82) is 5.26 Å². The Labute approximate surface area is 105 Å². The number of hydrogen-bond acceptors (Lipinski definition) is 4. The largest absolute Gasteiger partial charge is 0.474 e. The third-order valence-electron chi connectivity index (χ3n) is 2.69. The van der Waals surface area contributed by atoms with Gasteiger partial charge in [0, 0.05) is 17.8 Å². The zero-order valence-corrected chi connectivity index (χ0v) is 10.3. The number of allylic oxidation sites excluding steroid dienone is 1. The van der Waals surface area contributed by atoms with Gasteiger partial charge in [0.15, 0.2) is 0 Å². The monoisotopic (exact) mass is 242 g/mol. The van der Waals surface area contributed by atoms with E-state index in [2.05, 4.69) is 21.9 Å². The van der Waals surface area contributed by atoms with Gasteiger partial charge in [0.2, 0.25) is 5.88 Å². The van der Waals surface area contributed by atoms with Gasteiger partial charge in [-0.3, -0.25) is 0 Å². The highest BCUT2D eigenvalue weighted by atomic mass is 16.5. The van der Waals surface area contributed by atoms with Gasteiger partial charge in [0.05, 0.1) is 17.6 Å². The second-order valence-electron chi connectivity index (χ2n) is 3.95. The molecular weight excluding hydrogens is 228 g/mol. The number of rotatable bonds is 4. The van der Waals surface area contributed by atoms with Crippen molar-refractivity contribution in [3.63, 3.8) is 0 Å². The molecule has 0 aliphatic heterocycles. The van der Waals surface area contributed by atoms with Crippen molar-refractivity contribution in [2.75, 3.05) is 0 Å². The van der Waals surface area contributed by atoms with E-state index in [4.69, 9.17) is 10.00 Å². The molecule has 2 aromatic rings. The number of nitrogens with zero attached hydrogens (tertiary/aromatic N) is 3. The molecule has 1 atom stereocenters. The number of aromatic nitrogens is 3. The van der Waals surface area contributed by atoms with Crippen LogP contribution in [0.5, 0.6) is 5.88 Å². The average Bonchev–Trinajstić information content (AvgIpc) is 2.80. The van der Waals surface area contributed by atoms with Crippen LogP contribution in [0.15, 0.2) is 18.6 Å². The van der Waals surface area contributed by atoms with E-state index in [1.807, 2.05) is 13.0 Å². The lowest BCUT2D eigenvalue weighted by atomic mass is 10.2. The van der Waals surface area contributed by atoms with Crippen LogP contribution in [-0.4, -0.2) is 21.1 Å². The highest BCUT2D eigenvalue weighted by molar-refractivity contribution is 5.90. The third kappa shape index (κ3) is 2.33. The maximum absolute atomic E-state index is 8.58. The molecule has 0 saturated carbocycles. The third-order valence-corrected chi connectivity index (χ3v) is 2.69. The minimum absolute atomic E-state index is 0.0887. The number of H-pyrrole nitrogens is 1. The summed E-state index contributed by atoms with van der Waals surface area (Å²) in [6.45, 7) is 4.04. The van der Waals surface area contributed by atoms with E-state index in [1.54, 1.807) is 12.3 Å². The number of fused-ring (bicyclic) bond motifs is 1. The molecule has 2 aromatic heterocycles. The van der Waals surface area contributed by atoms with Crippen molar-refractivity contribution in [3.05, 3.63) is 24.2 Å². The highest BCUT2D eigenvalue weighted by Crippen LogP contribution is 2.27. The van der Waals surface area contributed by atoms with Crippen LogP contribution in [0.3, 0.4) is 0 Å². The van der Waals surface area contributed by atoms with Crippen molar-refractivity contribution in [1.82, 2.24) is 15.0 Å². The van der Waals surface area contributed by atoms with Crippen LogP contribution in [0.2, 0.25) is 0 Å². The first-order valence-corrected chi connectivity index (χ1v) is 5.81. The molecule has 0 bridgehead atoms. The molecule has 18 heavy (non-hydrogen) atoms. The van der Waals surface area contributed by atoms with Gasteiger partial charge >= 0.3 is 0 Å². The second-order valence-corrected chi connectivity index (χ2v) is 3.95. The quantitative estimate of drug-likeness (QED) is 0.836. The summed E-state index contributed by atoms with van der Waals surface area (Å²) >= 11 is 0. The summed E-state index contributed by atoms with van der Waals surface area (Å²) in [5, 5.41) is 9.39. The predicted molar refractivity (Wildman–Crippen MR) is 68.9 cm³/mol. The molecule has 0 aliphatic rings. The Morgan fingerprint density at radius 1 is 1.56 bits per heavy atom. The summed E-state index contributed by atoms with van der Waals surface area (Å²) in [4.78, 5) is 11.3. The van der Waals surface area contributed by atoms with Crippen LogP contribution in [0.4, 0.5) is 0 Å². The Balaban J connectivity index is 2.49. The molecule has 5 heteroatoms. The molecule has 0 saturated heterocycles. The first-order valence-electron chi connectivity index (χ1n) is 5.81. The van der Waals surface area contributed by atoms with Gasteiger partial charge in [-0.2, -0.15) is 5.26 Å². The SMILES string of the molecule is CCC(C)Oc1ncnc2[nH]cc(C=CC#N)c12. The lowest BCUT2D eigenvalue weighted by Crippen LogP contribution is -2.11. The fourth-order valence-electron chi connectivity index (χ4n) is 1.58. The zero-order chi connectivity index (χ0) is 13.0. The fraction of sp³-hybridized carbons (Fsp3) is 0.308. The maximum Gasteiger partial charge on any atom is 0.226 e. The van der Waals surface area contributed by atoms with Gasteiger partial charge in [0.25, 0.3) is 0 Å². The van der Waals surface area contributed by atoms with E-state index >= 15 is 0 Å². The van der Waals surface area contributed by atoms with E-state index in [0.29, 0.717) is 11.5 Å². The molecule has 2 heterocycles. The summed E-state index contributed by atoms with van der Waals surface area (Å²) in [5.74, 6) is 0.549. The Hall–Kier alpha value is -2.35. The molecule has 2 rings (SSSR count). The van der Waals surface area contributed by atoms with Crippen LogP contribution < -0.4 is 4.74 Å². The van der Waals surface area contributed by atoms with Crippen LogP contribution in [0.25, 0.3) is 17.1 Å². The highest BCUT2D eigenvalue weighted by Gasteiger charge is 2.12. The van der Waals surface area contributed by atoms with Gasteiger partial charge in [0.1, 0.15) is 12.0 Å². The summed E-state index contributed by atoms with van der Waals surface area (Å²) in [7, 11) is 0. The van der Waals surface area contributed by atoms with Crippen LogP contribution in [0.1, 0.15) is 25.8 Å². The number of nitrogens with one attached hydrogen (secondary N) is 1. The fourth-order valence-corrected chi connectivity index (χ4v) is 1.58. The van der Waals surface area contributed by atoms with Crippen LogP contribution in [-0.2, 0) is 0 Å². The van der Waals surface area contributed by atoms with E-state index in [9.17, 15) is 0 Å². The molecule has 0 aromatic carbocycles. The van der Waals surface area contributed by atoms with Crippen LogP contribution in [0, 0.1) is 11.3 Å². The smallest absolute Gasteiger partial charge is 0.226 e. The van der Waals surface area contributed by atoms with E-state index in [-0.39, 0.29) is 6.10 Å². The molecular formula is C13H14N4O. The van der Waals surface area contributed by atoms with E-state index in [0.717, 1.165) is 17.4 Å². The predicted octanol–water partition coefficient (Wildman–Crippen LogP) is 2.67. The Bertz CT molecular complexity index is 609. The summed E-state index contributed by atoms with van der Waals surface area (Å²) in [5.41, 5.74) is 1.56. The van der Waals surface area contributed by atoms with Gasteiger partial charge < -0.3 is 9.72 Å². The van der Waals surface area contributed by atoms with Crippen molar-refractivity contribution in [3.8, 4) is 11.9 Å². The lowest BCUT2D eigenvalue weighted by Gasteiger charge is -2.12. The van der Waals surface area contributed by atoms with Crippen molar-refractivity contribution >= 4 is 17.1 Å². The number of aromatic amines is 1. The van der Waals surface area contributed by atoms with Gasteiger partial charge in [-0.25, -0.2) is 9.97 Å². The van der Waals surface area contributed by atoms with Crippen molar-refractivity contribution < 1.29 is 4.74 Å². The molecule has 0 spiro atoms. The van der Waals surface area contributed by atoms with E-state index < -0.39 is 0 Å². The Morgan fingerprint density at radius 3 is 3.11 bits per heavy atom. The average molecular weight is 242 g/mol. The Morgan fingerprint density at radius 2 is 2.39 bits per heavy atom. The standard InChI is InChI=1S/C13H14N4O/c1-3-9(2)18-13-11-10(5-4-6-14)7-15-12(11)16-8-17-13/h4-5,7-9H,3H2,1-2H3,(H,15,16,17). The summed E-state index contributed by atoms with van der Waals surface area (Å²) in [6, 6.07) is 1.97. The molecule has 5 nitrogen and oxygen atoms in total. The lowest BCUT2D eigenvalue weighted by molar-refractivity contribution is 0.211. The minimum atomic E-state index is 0.0887. The number of nitriles is 1. The van der Waals surface area contributed by atoms with Crippen LogP contribution >= 0.6 is 0 Å². The molecule has 0 aliphatic carbocycles. The molecule has 0 amide bonds. The molecule has 1 unspecified atom stereocenters. The first-order chi connectivity index (χ1) is 8.76. The topological polar surface area (TPSA) is 74.6 Å². The molecule has 1 N–H and O–H groups in total. The van der Waals surface area contributed by atoms with E-state index in [1.165, 1.54) is 12.4 Å². The second kappa shape index (κ2) is 5.32. The van der Waals surface area contributed by atoms with Crippen molar-refractivity contribution in [2.45, 2.75) is 26.4 Å². The Kier molecular flexibility index (Phi) is 3.58. The maximum atomic E-state index is 8.58. The van der Waals surface area contributed by atoms with Gasteiger partial charge in [-0.1, -0.05) is 6.92 Å². The number of ether oxygens (including phenoxy) is 1. The number of hydrogen-bond donors (Lipinski definition) is 1. The normalized spacial score (nSPS) is 12.7. The summed E-state index contributed by atoms with van der Waals surface area (Å²) in [6.07, 6.45) is 7.38. The first kappa shape index (κ1) is 12.1. The van der Waals surface area contributed by atoms with Gasteiger partial charge in [-0.05, 0) is 19.4 Å².